The van der Waals surface area contributed by atoms with E-state index in [2.05, 4.69) is 120 Å². The van der Waals surface area contributed by atoms with Crippen LogP contribution in [0.2, 0.25) is 0 Å². The molecule has 0 unspecified atom stereocenters. The first-order valence-electron chi connectivity index (χ1n) is 22.1. The largest absolute Gasteiger partial charge is 0.255 e. The Kier molecular flexibility index (Phi) is 10.00. The van der Waals surface area contributed by atoms with Gasteiger partial charge in [0.15, 0.2) is 0 Å². The molecule has 0 saturated carbocycles. The molecule has 8 heteroatoms. The van der Waals surface area contributed by atoms with E-state index in [0.29, 0.717) is 0 Å². The summed E-state index contributed by atoms with van der Waals surface area (Å²) in [6.07, 6.45) is 15.1. The van der Waals surface area contributed by atoms with E-state index < -0.39 is 10.8 Å². The van der Waals surface area contributed by atoms with E-state index in [1.54, 1.807) is 24.8 Å². The maximum absolute atomic E-state index is 4.95. The molecular formula is C58H44N8. The lowest BCUT2D eigenvalue weighted by molar-refractivity contribution is 0.521. The monoisotopic (exact) mass is 852 g/mol. The summed E-state index contributed by atoms with van der Waals surface area (Å²) in [6.45, 7) is 9.41. The molecule has 8 heterocycles. The number of hydrogen-bond donors (Lipinski definition) is 0. The van der Waals surface area contributed by atoms with Crippen LogP contribution < -0.4 is 0 Å². The van der Waals surface area contributed by atoms with Crippen LogP contribution in [0.25, 0.3) is 90.1 Å². The number of aromatic nitrogens is 8. The summed E-state index contributed by atoms with van der Waals surface area (Å²) in [5.41, 5.74) is 19.2. The molecule has 8 aromatic heterocycles. The lowest BCUT2D eigenvalue weighted by Crippen LogP contribution is -2.37. The summed E-state index contributed by atoms with van der Waals surface area (Å²) in [5.74, 6) is 0. The third-order valence-corrected chi connectivity index (χ3v) is 13.0. The number of hydrogen-bond acceptors (Lipinski definition) is 8. The van der Waals surface area contributed by atoms with Gasteiger partial charge in [-0.15, -0.1) is 0 Å². The molecule has 0 bridgehead atoms. The van der Waals surface area contributed by atoms with Gasteiger partial charge in [0.05, 0.1) is 45.6 Å². The minimum absolute atomic E-state index is 0.411. The topological polar surface area (TPSA) is 103 Å². The molecule has 66 heavy (non-hydrogen) atoms. The number of fused-ring (bicyclic) bond motifs is 2. The van der Waals surface area contributed by atoms with Gasteiger partial charge in [-0.1, -0.05) is 76.2 Å². The van der Waals surface area contributed by atoms with Crippen molar-refractivity contribution in [3.63, 3.8) is 0 Å². The van der Waals surface area contributed by atoms with Crippen molar-refractivity contribution >= 4 is 0 Å². The minimum atomic E-state index is -0.411. The van der Waals surface area contributed by atoms with Crippen molar-refractivity contribution in [1.82, 2.24) is 39.9 Å². The summed E-state index contributed by atoms with van der Waals surface area (Å²) < 4.78 is 0. The standard InChI is InChI=1S/C58H44N8/c1-57(2)45-29-41(37-17-21-53(63-33-37)49-13-5-9-25-59-49)43(39-19-23-55(65-35-39)51-15-7-11-27-61-51)31-47(45)58(3,4)48-32-44(40-20-24-56(66-36-40)52-16-8-12-28-62-52)42(30-46(48)57)38-18-22-54(64-34-38)50-14-6-10-26-60-50/h5-36H,1-4H3. The molecule has 0 saturated heterocycles. The Morgan fingerprint density at radius 3 is 0.667 bits per heavy atom. The molecule has 2 aromatic carbocycles. The zero-order chi connectivity index (χ0) is 44.8. The number of pyridine rings is 8. The second-order valence-corrected chi connectivity index (χ2v) is 17.7. The van der Waals surface area contributed by atoms with Crippen molar-refractivity contribution in [2.24, 2.45) is 0 Å². The molecule has 0 amide bonds. The Morgan fingerprint density at radius 1 is 0.258 bits per heavy atom. The van der Waals surface area contributed by atoms with E-state index >= 15 is 0 Å². The van der Waals surface area contributed by atoms with Crippen molar-refractivity contribution in [2.45, 2.75) is 38.5 Å². The Morgan fingerprint density at radius 2 is 0.485 bits per heavy atom. The van der Waals surface area contributed by atoms with Gasteiger partial charge in [0.1, 0.15) is 0 Å². The lowest BCUT2D eigenvalue weighted by Gasteiger charge is -2.45. The van der Waals surface area contributed by atoms with Gasteiger partial charge in [-0.3, -0.25) is 39.9 Å². The Bertz CT molecular complexity index is 2890. The van der Waals surface area contributed by atoms with Gasteiger partial charge < -0.3 is 0 Å². The van der Waals surface area contributed by atoms with Crippen LogP contribution in [0.3, 0.4) is 0 Å². The molecule has 8 nitrogen and oxygen atoms in total. The average molecular weight is 853 g/mol. The van der Waals surface area contributed by atoms with Gasteiger partial charge in [-0.25, -0.2) is 0 Å². The van der Waals surface area contributed by atoms with Crippen LogP contribution in [-0.4, -0.2) is 39.9 Å². The van der Waals surface area contributed by atoms with Crippen molar-refractivity contribution < 1.29 is 0 Å². The fourth-order valence-corrected chi connectivity index (χ4v) is 9.39. The highest BCUT2D eigenvalue weighted by Crippen LogP contribution is 2.54. The smallest absolute Gasteiger partial charge is 0.0886 e. The van der Waals surface area contributed by atoms with E-state index in [4.69, 9.17) is 19.9 Å². The third-order valence-electron chi connectivity index (χ3n) is 13.0. The highest BCUT2D eigenvalue weighted by atomic mass is 14.8. The lowest BCUT2D eigenvalue weighted by atomic mass is 9.58. The average Bonchev–Trinajstić information content (AvgIpc) is 3.39. The van der Waals surface area contributed by atoms with E-state index in [-0.39, 0.29) is 0 Å². The molecule has 1 aliphatic rings. The Balaban J connectivity index is 1.09. The van der Waals surface area contributed by atoms with Crippen LogP contribution in [0.5, 0.6) is 0 Å². The van der Waals surface area contributed by atoms with Crippen LogP contribution in [0.1, 0.15) is 49.9 Å². The number of rotatable bonds is 8. The quantitative estimate of drug-likeness (QED) is 0.149. The summed E-state index contributed by atoms with van der Waals surface area (Å²) in [7, 11) is 0. The second-order valence-electron chi connectivity index (χ2n) is 17.7. The number of nitrogens with zero attached hydrogens (tertiary/aromatic N) is 8. The van der Waals surface area contributed by atoms with Gasteiger partial charge in [0, 0.05) is 82.7 Å². The van der Waals surface area contributed by atoms with Gasteiger partial charge >= 0.3 is 0 Å². The highest BCUT2D eigenvalue weighted by Gasteiger charge is 2.43. The fraction of sp³-hybridized carbons (Fsp3) is 0.103. The highest BCUT2D eigenvalue weighted by molar-refractivity contribution is 5.89. The fourth-order valence-electron chi connectivity index (χ4n) is 9.39. The van der Waals surface area contributed by atoms with Crippen molar-refractivity contribution in [3.8, 4) is 90.1 Å². The molecule has 0 spiro atoms. The van der Waals surface area contributed by atoms with Crippen molar-refractivity contribution in [1.29, 1.82) is 0 Å². The Labute approximate surface area is 384 Å². The maximum Gasteiger partial charge on any atom is 0.0886 e. The zero-order valence-electron chi connectivity index (χ0n) is 37.1. The molecule has 316 valence electrons. The first kappa shape index (κ1) is 40.4. The van der Waals surface area contributed by atoms with E-state index in [0.717, 1.165) is 90.1 Å². The first-order chi connectivity index (χ1) is 32.2. The van der Waals surface area contributed by atoms with Crippen molar-refractivity contribution in [2.75, 3.05) is 0 Å². The van der Waals surface area contributed by atoms with E-state index in [1.165, 1.54) is 22.3 Å². The molecule has 0 radical (unpaired) electrons. The van der Waals surface area contributed by atoms with E-state index in [9.17, 15) is 0 Å². The third kappa shape index (κ3) is 7.22. The van der Waals surface area contributed by atoms with Gasteiger partial charge in [0.2, 0.25) is 0 Å². The van der Waals surface area contributed by atoms with E-state index in [1.807, 2.05) is 97.6 Å². The molecule has 0 N–H and O–H groups in total. The summed E-state index contributed by atoms with van der Waals surface area (Å²) in [6, 6.07) is 50.1. The zero-order valence-corrected chi connectivity index (χ0v) is 37.1. The van der Waals surface area contributed by atoms with Gasteiger partial charge in [-0.05, 0) is 142 Å². The van der Waals surface area contributed by atoms with Crippen LogP contribution in [0, 0.1) is 0 Å². The minimum Gasteiger partial charge on any atom is -0.255 e. The van der Waals surface area contributed by atoms with Crippen LogP contribution in [0.4, 0.5) is 0 Å². The van der Waals surface area contributed by atoms with Gasteiger partial charge in [0.25, 0.3) is 0 Å². The van der Waals surface area contributed by atoms with Crippen LogP contribution in [-0.2, 0) is 10.8 Å². The maximum atomic E-state index is 4.95. The molecular weight excluding hydrogens is 809 g/mol. The molecule has 0 aliphatic heterocycles. The molecule has 1 aliphatic carbocycles. The van der Waals surface area contributed by atoms with Gasteiger partial charge in [-0.2, -0.15) is 0 Å². The van der Waals surface area contributed by atoms with Crippen LogP contribution in [0.15, 0.2) is 195 Å². The second kappa shape index (κ2) is 16.3. The van der Waals surface area contributed by atoms with Crippen molar-refractivity contribution in [3.05, 3.63) is 217 Å². The predicted octanol–water partition coefficient (Wildman–Crippen LogP) is 13.1. The summed E-state index contributed by atoms with van der Waals surface area (Å²) in [5, 5.41) is 0. The predicted molar refractivity (Wildman–Crippen MR) is 263 cm³/mol. The molecule has 0 atom stereocenters. The number of benzene rings is 2. The summed E-state index contributed by atoms with van der Waals surface area (Å²) >= 11 is 0. The molecule has 10 aromatic rings. The molecule has 11 rings (SSSR count). The SMILES string of the molecule is CC1(C)c2cc(-c3ccc(-c4ccccn4)nc3)c(-c3ccc(-c4ccccn4)nc3)cc2C(C)(C)c2cc(-c3ccc(-c4ccccn4)nc3)c(-c3ccc(-c4ccccn4)nc3)cc21. The molecule has 0 fully saturated rings. The Hall–Kier alpha value is -8.36. The summed E-state index contributed by atoms with van der Waals surface area (Å²) in [4.78, 5) is 38.1. The van der Waals surface area contributed by atoms with Crippen LogP contribution >= 0.6 is 0 Å². The normalized spacial score (nSPS) is 13.4. The first-order valence-corrected chi connectivity index (χ1v) is 22.1.